The first kappa shape index (κ1) is 7.95. The van der Waals surface area contributed by atoms with Gasteiger partial charge in [0.25, 0.3) is 0 Å². The zero-order valence-electron chi connectivity index (χ0n) is 4.97. The first-order valence-electron chi connectivity index (χ1n) is 2.65. The molecule has 0 aliphatic heterocycles. The Bertz CT molecular complexity index is 296. The van der Waals surface area contributed by atoms with E-state index in [2.05, 4.69) is 31.9 Å². The van der Waals surface area contributed by atoms with Gasteiger partial charge in [-0.05, 0) is 28.1 Å². The highest BCUT2D eigenvalue weighted by atomic mass is 79.9. The van der Waals surface area contributed by atoms with Crippen molar-refractivity contribution in [3.8, 4) is 0 Å². The second-order valence-electron chi connectivity index (χ2n) is 1.77. The highest BCUT2D eigenvalue weighted by Gasteiger charge is 1.90. The monoisotopic (exact) mass is 262 g/mol. The molecule has 1 aromatic carbocycles. The van der Waals surface area contributed by atoms with Crippen LogP contribution in [0.15, 0.2) is 38.0 Å². The highest BCUT2D eigenvalue weighted by Crippen LogP contribution is 2.07. The van der Waals surface area contributed by atoms with Crippen molar-refractivity contribution in [2.24, 2.45) is 0 Å². The van der Waals surface area contributed by atoms with Crippen LogP contribution in [-0.2, 0) is 0 Å². The molecule has 0 fully saturated rings. The Kier molecular flexibility index (Phi) is 2.63. The van der Waals surface area contributed by atoms with Gasteiger partial charge in [0, 0.05) is 10.5 Å². The predicted octanol–water partition coefficient (Wildman–Crippen LogP) is 2.57. The van der Waals surface area contributed by atoms with Gasteiger partial charge in [0.05, 0.1) is 4.47 Å². The quantitative estimate of drug-likeness (QED) is 0.703. The highest BCUT2D eigenvalue weighted by molar-refractivity contribution is 9.10. The zero-order valence-corrected chi connectivity index (χ0v) is 8.15. The first-order valence-corrected chi connectivity index (χ1v) is 4.24. The van der Waals surface area contributed by atoms with Crippen LogP contribution in [0.4, 0.5) is 0 Å². The van der Waals surface area contributed by atoms with Crippen molar-refractivity contribution in [3.05, 3.63) is 43.4 Å². The molecule has 0 aliphatic rings. The van der Waals surface area contributed by atoms with Gasteiger partial charge in [-0.3, -0.25) is 4.79 Å². The Balaban J connectivity index is 3.46. The van der Waals surface area contributed by atoms with Crippen LogP contribution in [-0.4, -0.2) is 0 Å². The van der Waals surface area contributed by atoms with E-state index >= 15 is 0 Å². The molecule has 0 unspecified atom stereocenters. The number of rotatable bonds is 0. The maximum absolute atomic E-state index is 11.0. The molecule has 1 nitrogen and oxygen atoms in total. The summed E-state index contributed by atoms with van der Waals surface area (Å²) in [4.78, 5) is 11.0. The molecule has 0 saturated carbocycles. The molecule has 0 amide bonds. The lowest BCUT2D eigenvalue weighted by atomic mass is 10.5. The fourth-order valence-corrected chi connectivity index (χ4v) is 1.18. The molecule has 0 atom stereocenters. The Morgan fingerprint density at radius 1 is 1.20 bits per heavy atom. The van der Waals surface area contributed by atoms with E-state index in [0.717, 1.165) is 4.47 Å². The fraction of sp³-hybridized carbons (Fsp3) is 0. The average Bonchev–Trinajstić information content (AvgIpc) is 1.96. The summed E-state index contributed by atoms with van der Waals surface area (Å²) in [7, 11) is 0. The summed E-state index contributed by atoms with van der Waals surface area (Å²) in [6.45, 7) is 0. The Labute approximate surface area is 75.3 Å². The smallest absolute Gasteiger partial charge is 0.193 e. The molecule has 0 N–H and O–H groups in total. The van der Waals surface area contributed by atoms with Crippen LogP contribution in [0.3, 0.4) is 0 Å². The van der Waals surface area contributed by atoms with Crippen LogP contribution >= 0.6 is 31.9 Å². The molecule has 0 bridgehead atoms. The molecule has 52 valence electrons. The Hall–Kier alpha value is -0.150. The lowest BCUT2D eigenvalue weighted by molar-refractivity contribution is 1.59. The van der Waals surface area contributed by atoms with Crippen molar-refractivity contribution in [3.63, 3.8) is 0 Å². The van der Waals surface area contributed by atoms with Crippen LogP contribution < -0.4 is 5.43 Å². The largest absolute Gasteiger partial charge is 0.289 e. The Morgan fingerprint density at radius 3 is 2.60 bits per heavy atom. The lowest BCUT2D eigenvalue weighted by Gasteiger charge is -1.73. The minimum atomic E-state index is -0.0168. The minimum absolute atomic E-state index is 0.0168. The van der Waals surface area contributed by atoms with Gasteiger partial charge in [-0.1, -0.05) is 22.0 Å². The zero-order chi connectivity index (χ0) is 7.56. The molecule has 0 saturated heterocycles. The fourth-order valence-electron chi connectivity index (χ4n) is 0.549. The summed E-state index contributed by atoms with van der Waals surface area (Å²) >= 11 is 6.33. The van der Waals surface area contributed by atoms with Gasteiger partial charge in [-0.2, -0.15) is 0 Å². The number of hydrogen-bond acceptors (Lipinski definition) is 1. The standard InChI is InChI=1S/C7H4Br2O/c8-5-2-1-3-6(9)7(10)4-5/h1-4H. The first-order chi connectivity index (χ1) is 4.70. The van der Waals surface area contributed by atoms with Crippen LogP contribution in [0.1, 0.15) is 0 Å². The van der Waals surface area contributed by atoms with E-state index in [4.69, 9.17) is 0 Å². The lowest BCUT2D eigenvalue weighted by Crippen LogP contribution is -1.93. The van der Waals surface area contributed by atoms with E-state index in [0.29, 0.717) is 4.47 Å². The maximum Gasteiger partial charge on any atom is 0.193 e. The van der Waals surface area contributed by atoms with Gasteiger partial charge in [-0.15, -0.1) is 0 Å². The molecule has 0 aliphatic carbocycles. The topological polar surface area (TPSA) is 17.1 Å². The second kappa shape index (κ2) is 3.30. The molecule has 0 aromatic heterocycles. The van der Waals surface area contributed by atoms with Crippen molar-refractivity contribution in [2.45, 2.75) is 0 Å². The van der Waals surface area contributed by atoms with E-state index in [1.165, 1.54) is 6.07 Å². The van der Waals surface area contributed by atoms with Gasteiger partial charge in [-0.25, -0.2) is 0 Å². The predicted molar refractivity (Wildman–Crippen MR) is 48.1 cm³/mol. The van der Waals surface area contributed by atoms with Crippen LogP contribution in [0.2, 0.25) is 0 Å². The second-order valence-corrected chi connectivity index (χ2v) is 3.54. The van der Waals surface area contributed by atoms with Crippen molar-refractivity contribution < 1.29 is 0 Å². The third-order valence-corrected chi connectivity index (χ3v) is 2.15. The third-order valence-electron chi connectivity index (χ3n) is 1.00. The van der Waals surface area contributed by atoms with Crippen molar-refractivity contribution >= 4 is 31.9 Å². The molecule has 1 aromatic rings. The van der Waals surface area contributed by atoms with Crippen LogP contribution in [0.5, 0.6) is 0 Å². The van der Waals surface area contributed by atoms with Crippen molar-refractivity contribution in [1.29, 1.82) is 0 Å². The van der Waals surface area contributed by atoms with Gasteiger partial charge >= 0.3 is 0 Å². The van der Waals surface area contributed by atoms with Gasteiger partial charge in [0.1, 0.15) is 0 Å². The molecule has 1 rings (SSSR count). The SMILES string of the molecule is O=c1cc(Br)cccc1Br. The summed E-state index contributed by atoms with van der Waals surface area (Å²) in [6.07, 6.45) is 0. The van der Waals surface area contributed by atoms with Crippen LogP contribution in [0, 0.1) is 0 Å². The molecule has 0 heterocycles. The molecule has 0 radical (unpaired) electrons. The van der Waals surface area contributed by atoms with E-state index < -0.39 is 0 Å². The van der Waals surface area contributed by atoms with Crippen molar-refractivity contribution in [2.75, 3.05) is 0 Å². The van der Waals surface area contributed by atoms with E-state index in [1.807, 2.05) is 6.07 Å². The van der Waals surface area contributed by atoms with Crippen molar-refractivity contribution in [1.82, 2.24) is 0 Å². The van der Waals surface area contributed by atoms with Gasteiger partial charge in [0.2, 0.25) is 0 Å². The molecular weight excluding hydrogens is 260 g/mol. The molecule has 0 spiro atoms. The van der Waals surface area contributed by atoms with Crippen LogP contribution in [0.25, 0.3) is 0 Å². The maximum atomic E-state index is 11.0. The Morgan fingerprint density at radius 2 is 1.90 bits per heavy atom. The number of hydrogen-bond donors (Lipinski definition) is 0. The van der Waals surface area contributed by atoms with E-state index in [-0.39, 0.29) is 5.43 Å². The van der Waals surface area contributed by atoms with E-state index in [9.17, 15) is 4.79 Å². The average molecular weight is 264 g/mol. The van der Waals surface area contributed by atoms with Gasteiger partial charge < -0.3 is 0 Å². The summed E-state index contributed by atoms with van der Waals surface area (Å²) < 4.78 is 1.38. The molecule has 10 heavy (non-hydrogen) atoms. The van der Waals surface area contributed by atoms with E-state index in [1.54, 1.807) is 12.1 Å². The third kappa shape index (κ3) is 1.92. The summed E-state index contributed by atoms with van der Waals surface area (Å²) in [5.41, 5.74) is -0.0168. The number of halogens is 2. The summed E-state index contributed by atoms with van der Waals surface area (Å²) in [5, 5.41) is 0. The molecular formula is C7H4Br2O. The molecule has 3 heteroatoms. The minimum Gasteiger partial charge on any atom is -0.289 e. The summed E-state index contributed by atoms with van der Waals surface area (Å²) in [6, 6.07) is 6.85. The normalized spacial score (nSPS) is 9.40. The summed E-state index contributed by atoms with van der Waals surface area (Å²) in [5.74, 6) is 0. The van der Waals surface area contributed by atoms with Gasteiger partial charge in [0.15, 0.2) is 5.43 Å².